The molecule has 2 aromatic rings. The lowest BCUT2D eigenvalue weighted by Gasteiger charge is -2.52. The van der Waals surface area contributed by atoms with E-state index in [1.54, 1.807) is 0 Å². The van der Waals surface area contributed by atoms with Crippen molar-refractivity contribution in [3.05, 3.63) is 60.2 Å². The summed E-state index contributed by atoms with van der Waals surface area (Å²) in [6, 6.07) is 14.7. The Morgan fingerprint density at radius 1 is 0.879 bits per heavy atom. The second-order valence-corrected chi connectivity index (χ2v) is 15.7. The van der Waals surface area contributed by atoms with Crippen molar-refractivity contribution < 1.29 is 23.4 Å². The van der Waals surface area contributed by atoms with E-state index in [4.69, 9.17) is 23.4 Å². The van der Waals surface area contributed by atoms with Gasteiger partial charge in [0.1, 0.15) is 24.4 Å². The predicted molar refractivity (Wildman–Crippen MR) is 132 cm³/mol. The summed E-state index contributed by atoms with van der Waals surface area (Å²) in [4.78, 5) is 0. The van der Waals surface area contributed by atoms with Crippen molar-refractivity contribution >= 4 is 19.1 Å². The van der Waals surface area contributed by atoms with Crippen LogP contribution in [0, 0.1) is 0 Å². The lowest BCUT2D eigenvalue weighted by atomic mass is 9.92. The molecule has 0 bridgehead atoms. The molecular weight excluding hydrogens is 432 g/mol. The van der Waals surface area contributed by atoms with Crippen LogP contribution in [0.1, 0.15) is 39.0 Å². The average molecular weight is 469 g/mol. The highest BCUT2D eigenvalue weighted by atomic mass is 28.4. The first-order valence-corrected chi connectivity index (χ1v) is 15.0. The van der Waals surface area contributed by atoms with E-state index in [0.29, 0.717) is 13.2 Å². The molecule has 3 aliphatic heterocycles. The minimum atomic E-state index is -2.08. The molecule has 178 valence electrons. The van der Waals surface area contributed by atoms with E-state index in [9.17, 15) is 0 Å². The maximum atomic E-state index is 7.02. The van der Waals surface area contributed by atoms with E-state index >= 15 is 0 Å². The molecule has 0 aliphatic carbocycles. The number of hydrogen-bond acceptors (Lipinski definition) is 5. The fraction of sp³-hybridized carbons (Fsp3) is 0.556. The molecule has 2 aromatic carbocycles. The molecule has 2 saturated heterocycles. The molecule has 5 rings (SSSR count). The highest BCUT2D eigenvalue weighted by molar-refractivity contribution is 6.74. The Morgan fingerprint density at radius 2 is 1.67 bits per heavy atom. The van der Waals surface area contributed by atoms with Crippen LogP contribution in [0.15, 0.2) is 54.6 Å². The Hall–Kier alpha value is -1.54. The van der Waals surface area contributed by atoms with Crippen LogP contribution in [0.5, 0.6) is 0 Å². The first-order chi connectivity index (χ1) is 15.7. The van der Waals surface area contributed by atoms with Crippen LogP contribution in [0.2, 0.25) is 18.1 Å². The fourth-order valence-electron chi connectivity index (χ4n) is 4.69. The molecular formula is C27H36O5Si. The quantitative estimate of drug-likeness (QED) is 0.424. The largest absolute Gasteiger partial charge is 0.408 e. The van der Waals surface area contributed by atoms with Crippen LogP contribution in [0.4, 0.5) is 0 Å². The van der Waals surface area contributed by atoms with Crippen LogP contribution in [-0.2, 0) is 23.4 Å². The smallest absolute Gasteiger partial charge is 0.192 e. The number of rotatable bonds is 3. The van der Waals surface area contributed by atoms with Crippen molar-refractivity contribution in [2.75, 3.05) is 13.2 Å². The van der Waals surface area contributed by atoms with Gasteiger partial charge in [-0.2, -0.15) is 0 Å². The third-order valence-corrected chi connectivity index (χ3v) is 12.1. The second-order valence-electron chi connectivity index (χ2n) is 10.9. The molecule has 0 radical (unpaired) electrons. The molecule has 3 aliphatic rings. The van der Waals surface area contributed by atoms with Gasteiger partial charge in [-0.25, -0.2) is 0 Å². The molecule has 0 aromatic heterocycles. The summed E-state index contributed by atoms with van der Waals surface area (Å²) in [7, 11) is -2.08. The first kappa shape index (κ1) is 23.2. The Labute approximate surface area is 198 Å². The minimum Gasteiger partial charge on any atom is -0.408 e. The van der Waals surface area contributed by atoms with Crippen molar-refractivity contribution in [2.24, 2.45) is 0 Å². The van der Waals surface area contributed by atoms with Gasteiger partial charge in [0.05, 0.1) is 19.3 Å². The zero-order valence-corrected chi connectivity index (χ0v) is 21.3. The monoisotopic (exact) mass is 468 g/mol. The molecule has 6 atom stereocenters. The Balaban J connectivity index is 1.45. The van der Waals surface area contributed by atoms with Crippen LogP contribution >= 0.6 is 0 Å². The Kier molecular flexibility index (Phi) is 6.27. The van der Waals surface area contributed by atoms with Crippen molar-refractivity contribution in [3.63, 3.8) is 0 Å². The number of benzene rings is 2. The minimum absolute atomic E-state index is 0.0517. The SMILES string of the molecule is CC(C)(C)[Si](C)(C)O[C@@H]1[C@H]2OCC=CC[C@@H]2O[C@@H]2CO[C@@H](c3ccc4ccccc4c3)O[C@@H]12. The zero-order valence-electron chi connectivity index (χ0n) is 20.3. The highest BCUT2D eigenvalue weighted by Crippen LogP contribution is 2.43. The third kappa shape index (κ3) is 4.57. The van der Waals surface area contributed by atoms with Crippen LogP contribution in [0.3, 0.4) is 0 Å². The standard InChI is InChI=1S/C27H36O5Si/c1-27(2,3)33(4,5)32-25-23-21(12-8-9-15-28-23)30-22-17-29-26(31-24(22)25)20-14-13-18-10-6-7-11-19(18)16-20/h6-11,13-14,16,21-26H,12,15,17H2,1-5H3/t21-,22+,23-,24+,25+,26+/m0/s1. The zero-order chi connectivity index (χ0) is 23.2. The van der Waals surface area contributed by atoms with E-state index in [2.05, 4.69) is 88.5 Å². The van der Waals surface area contributed by atoms with Gasteiger partial charge in [0, 0.05) is 5.56 Å². The molecule has 0 N–H and O–H groups in total. The lowest BCUT2D eigenvalue weighted by Crippen LogP contribution is -2.65. The summed E-state index contributed by atoms with van der Waals surface area (Å²) in [6.45, 7) is 12.4. The fourth-order valence-corrected chi connectivity index (χ4v) is 5.99. The third-order valence-electron chi connectivity index (χ3n) is 7.63. The van der Waals surface area contributed by atoms with E-state index < -0.39 is 14.6 Å². The highest BCUT2D eigenvalue weighted by Gasteiger charge is 2.53. The molecule has 3 heterocycles. The molecule has 0 amide bonds. The summed E-state index contributed by atoms with van der Waals surface area (Å²) in [5, 5.41) is 2.47. The molecule has 33 heavy (non-hydrogen) atoms. The van der Waals surface area contributed by atoms with Gasteiger partial charge in [-0.3, -0.25) is 0 Å². The Morgan fingerprint density at radius 3 is 2.45 bits per heavy atom. The van der Waals surface area contributed by atoms with Gasteiger partial charge in [-0.15, -0.1) is 0 Å². The number of fused-ring (bicyclic) bond motifs is 3. The van der Waals surface area contributed by atoms with Gasteiger partial charge in [-0.1, -0.05) is 69.3 Å². The summed E-state index contributed by atoms with van der Waals surface area (Å²) in [5.74, 6) is 0. The molecule has 0 unspecified atom stereocenters. The average Bonchev–Trinajstić information content (AvgIpc) is 3.03. The molecule has 0 spiro atoms. The maximum Gasteiger partial charge on any atom is 0.192 e. The number of ether oxygens (including phenoxy) is 4. The van der Waals surface area contributed by atoms with Crippen molar-refractivity contribution in [3.8, 4) is 0 Å². The summed E-state index contributed by atoms with van der Waals surface area (Å²) in [6.07, 6.45) is 3.76. The lowest BCUT2D eigenvalue weighted by molar-refractivity contribution is -0.328. The van der Waals surface area contributed by atoms with E-state index in [-0.39, 0.29) is 35.6 Å². The second kappa shape index (κ2) is 8.91. The van der Waals surface area contributed by atoms with Crippen LogP contribution in [-0.4, -0.2) is 52.1 Å². The topological polar surface area (TPSA) is 46.2 Å². The number of hydrogen-bond donors (Lipinski definition) is 0. The van der Waals surface area contributed by atoms with Gasteiger partial charge in [0.15, 0.2) is 14.6 Å². The summed E-state index contributed by atoms with van der Waals surface area (Å²) in [5.41, 5.74) is 1.02. The van der Waals surface area contributed by atoms with Gasteiger partial charge in [0.2, 0.25) is 0 Å². The maximum absolute atomic E-state index is 7.02. The molecule has 0 saturated carbocycles. The molecule has 6 heteroatoms. The summed E-state index contributed by atoms with van der Waals surface area (Å²) >= 11 is 0. The first-order valence-electron chi connectivity index (χ1n) is 12.1. The van der Waals surface area contributed by atoms with Crippen LogP contribution in [0.25, 0.3) is 10.8 Å². The van der Waals surface area contributed by atoms with E-state index in [1.807, 2.05) is 0 Å². The Bertz CT molecular complexity index is 1010. The van der Waals surface area contributed by atoms with Crippen molar-refractivity contribution in [2.45, 2.75) is 82.1 Å². The molecule has 5 nitrogen and oxygen atoms in total. The van der Waals surface area contributed by atoms with Gasteiger partial charge in [0.25, 0.3) is 0 Å². The van der Waals surface area contributed by atoms with Crippen molar-refractivity contribution in [1.82, 2.24) is 0 Å². The van der Waals surface area contributed by atoms with Crippen molar-refractivity contribution in [1.29, 1.82) is 0 Å². The van der Waals surface area contributed by atoms with Gasteiger partial charge >= 0.3 is 0 Å². The summed E-state index contributed by atoms with van der Waals surface area (Å²) < 4.78 is 32.6. The van der Waals surface area contributed by atoms with Gasteiger partial charge in [-0.05, 0) is 41.4 Å². The molecule has 2 fully saturated rings. The van der Waals surface area contributed by atoms with E-state index in [0.717, 1.165) is 12.0 Å². The predicted octanol–water partition coefficient (Wildman–Crippen LogP) is 5.76. The van der Waals surface area contributed by atoms with E-state index in [1.165, 1.54) is 10.8 Å². The van der Waals surface area contributed by atoms with Crippen LogP contribution < -0.4 is 0 Å². The van der Waals surface area contributed by atoms with Gasteiger partial charge < -0.3 is 23.4 Å². The normalized spacial score (nSPS) is 32.8.